The summed E-state index contributed by atoms with van der Waals surface area (Å²) < 4.78 is 5.70. The zero-order valence-electron chi connectivity index (χ0n) is 12.5. The molecule has 0 amide bonds. The minimum absolute atomic E-state index is 0.0342. The van der Waals surface area contributed by atoms with Gasteiger partial charge in [0, 0.05) is 17.5 Å². The van der Waals surface area contributed by atoms with E-state index in [4.69, 9.17) is 10.2 Å². The molecule has 0 bridgehead atoms. The van der Waals surface area contributed by atoms with Crippen LogP contribution in [0.2, 0.25) is 0 Å². The number of hydrogen-bond acceptors (Lipinski definition) is 3. The van der Waals surface area contributed by atoms with Crippen LogP contribution in [0.3, 0.4) is 0 Å². The standard InChI is InChI=1S/C15H28N2O/c1-12-7-8-13(18-12)14(2,3)11-17-10-6-9-15(4,5)16/h7-8,17H,6,9-11,16H2,1-5H3. The molecule has 0 aliphatic heterocycles. The molecule has 0 saturated carbocycles. The SMILES string of the molecule is Cc1ccc(C(C)(C)CNCCCC(C)(C)N)o1. The maximum Gasteiger partial charge on any atom is 0.111 e. The van der Waals surface area contributed by atoms with Crippen LogP contribution in [-0.4, -0.2) is 18.6 Å². The topological polar surface area (TPSA) is 51.2 Å². The zero-order chi connectivity index (χ0) is 13.8. The van der Waals surface area contributed by atoms with Crippen LogP contribution in [0, 0.1) is 6.92 Å². The highest BCUT2D eigenvalue weighted by Gasteiger charge is 2.23. The minimum Gasteiger partial charge on any atom is -0.466 e. The van der Waals surface area contributed by atoms with E-state index >= 15 is 0 Å². The van der Waals surface area contributed by atoms with Crippen LogP contribution in [0.15, 0.2) is 16.5 Å². The summed E-state index contributed by atoms with van der Waals surface area (Å²) >= 11 is 0. The van der Waals surface area contributed by atoms with E-state index in [-0.39, 0.29) is 11.0 Å². The molecule has 104 valence electrons. The molecule has 1 aromatic rings. The number of aryl methyl sites for hydroxylation is 1. The molecule has 0 aromatic carbocycles. The van der Waals surface area contributed by atoms with Crippen LogP contribution in [0.4, 0.5) is 0 Å². The average molecular weight is 252 g/mol. The van der Waals surface area contributed by atoms with Gasteiger partial charge in [-0.25, -0.2) is 0 Å². The lowest BCUT2D eigenvalue weighted by Gasteiger charge is -2.23. The van der Waals surface area contributed by atoms with Crippen molar-refractivity contribution in [2.24, 2.45) is 5.73 Å². The van der Waals surface area contributed by atoms with Crippen molar-refractivity contribution in [3.63, 3.8) is 0 Å². The largest absolute Gasteiger partial charge is 0.466 e. The third-order valence-corrected chi connectivity index (χ3v) is 3.15. The fraction of sp³-hybridized carbons (Fsp3) is 0.733. The van der Waals surface area contributed by atoms with Crippen molar-refractivity contribution < 1.29 is 4.42 Å². The van der Waals surface area contributed by atoms with Crippen molar-refractivity contribution in [1.82, 2.24) is 5.32 Å². The molecule has 0 spiro atoms. The van der Waals surface area contributed by atoms with E-state index in [1.165, 1.54) is 0 Å². The Labute approximate surface area is 111 Å². The molecule has 3 N–H and O–H groups in total. The molecular formula is C15H28N2O. The van der Waals surface area contributed by atoms with E-state index < -0.39 is 0 Å². The van der Waals surface area contributed by atoms with Gasteiger partial charge in [-0.2, -0.15) is 0 Å². The number of nitrogens with one attached hydrogen (secondary N) is 1. The van der Waals surface area contributed by atoms with Gasteiger partial charge in [0.15, 0.2) is 0 Å². The van der Waals surface area contributed by atoms with E-state index in [2.05, 4.69) is 39.1 Å². The lowest BCUT2D eigenvalue weighted by atomic mass is 9.90. The predicted molar refractivity (Wildman–Crippen MR) is 76.8 cm³/mol. The fourth-order valence-corrected chi connectivity index (χ4v) is 1.96. The lowest BCUT2D eigenvalue weighted by Crippen LogP contribution is -2.35. The Balaban J connectivity index is 2.30. The van der Waals surface area contributed by atoms with Crippen LogP contribution in [0.1, 0.15) is 52.1 Å². The maximum atomic E-state index is 5.95. The van der Waals surface area contributed by atoms with Gasteiger partial charge in [0.25, 0.3) is 0 Å². The van der Waals surface area contributed by atoms with Crippen molar-refractivity contribution in [3.05, 3.63) is 23.7 Å². The van der Waals surface area contributed by atoms with Crippen molar-refractivity contribution >= 4 is 0 Å². The molecule has 3 nitrogen and oxygen atoms in total. The Morgan fingerprint density at radius 1 is 1.22 bits per heavy atom. The number of nitrogens with two attached hydrogens (primary N) is 1. The summed E-state index contributed by atoms with van der Waals surface area (Å²) in [6, 6.07) is 4.09. The normalized spacial score (nSPS) is 13.0. The maximum absolute atomic E-state index is 5.95. The van der Waals surface area contributed by atoms with Crippen LogP contribution in [0.5, 0.6) is 0 Å². The first kappa shape index (κ1) is 15.3. The molecule has 1 aromatic heterocycles. The molecule has 3 heteroatoms. The van der Waals surface area contributed by atoms with Crippen LogP contribution in [-0.2, 0) is 5.41 Å². The predicted octanol–water partition coefficient (Wildman–Crippen LogP) is 2.97. The highest BCUT2D eigenvalue weighted by atomic mass is 16.3. The molecule has 0 radical (unpaired) electrons. The van der Waals surface area contributed by atoms with Gasteiger partial charge in [-0.3, -0.25) is 0 Å². The monoisotopic (exact) mass is 252 g/mol. The van der Waals surface area contributed by atoms with Crippen LogP contribution in [0.25, 0.3) is 0 Å². The number of furan rings is 1. The molecule has 0 aliphatic rings. The molecule has 1 heterocycles. The van der Waals surface area contributed by atoms with Crippen molar-refractivity contribution in [2.45, 2.75) is 58.4 Å². The second kappa shape index (κ2) is 5.89. The van der Waals surface area contributed by atoms with Crippen molar-refractivity contribution in [1.29, 1.82) is 0 Å². The highest BCUT2D eigenvalue weighted by Crippen LogP contribution is 2.24. The van der Waals surface area contributed by atoms with Gasteiger partial charge in [-0.15, -0.1) is 0 Å². The lowest BCUT2D eigenvalue weighted by molar-refractivity contribution is 0.353. The molecule has 18 heavy (non-hydrogen) atoms. The number of rotatable bonds is 7. The van der Waals surface area contributed by atoms with Gasteiger partial charge in [-0.05, 0) is 52.3 Å². The molecule has 0 fully saturated rings. The third-order valence-electron chi connectivity index (χ3n) is 3.15. The summed E-state index contributed by atoms with van der Waals surface area (Å²) in [5, 5.41) is 3.49. The van der Waals surface area contributed by atoms with Crippen LogP contribution < -0.4 is 11.1 Å². The summed E-state index contributed by atoms with van der Waals surface area (Å²) in [7, 11) is 0. The van der Waals surface area contributed by atoms with E-state index in [0.717, 1.165) is 37.5 Å². The smallest absolute Gasteiger partial charge is 0.111 e. The van der Waals surface area contributed by atoms with Gasteiger partial charge < -0.3 is 15.5 Å². The average Bonchev–Trinajstić information content (AvgIpc) is 2.63. The first-order chi connectivity index (χ1) is 8.21. The number of hydrogen-bond donors (Lipinski definition) is 2. The molecule has 1 rings (SSSR count). The summed E-state index contributed by atoms with van der Waals surface area (Å²) in [5.74, 6) is 2.02. The van der Waals surface area contributed by atoms with Crippen LogP contribution >= 0.6 is 0 Å². The summed E-state index contributed by atoms with van der Waals surface area (Å²) in [4.78, 5) is 0. The zero-order valence-corrected chi connectivity index (χ0v) is 12.5. The highest BCUT2D eigenvalue weighted by molar-refractivity contribution is 5.15. The van der Waals surface area contributed by atoms with Gasteiger partial charge in [0.1, 0.15) is 11.5 Å². The summed E-state index contributed by atoms with van der Waals surface area (Å²) in [5.41, 5.74) is 5.93. The van der Waals surface area contributed by atoms with E-state index in [1.54, 1.807) is 0 Å². The van der Waals surface area contributed by atoms with Gasteiger partial charge in [-0.1, -0.05) is 13.8 Å². The van der Waals surface area contributed by atoms with Crippen molar-refractivity contribution in [2.75, 3.05) is 13.1 Å². The molecule has 0 atom stereocenters. The minimum atomic E-state index is -0.0602. The van der Waals surface area contributed by atoms with E-state index in [9.17, 15) is 0 Å². The van der Waals surface area contributed by atoms with Gasteiger partial charge in [0.2, 0.25) is 0 Å². The molecule has 0 unspecified atom stereocenters. The first-order valence-corrected chi connectivity index (χ1v) is 6.77. The second-order valence-electron chi connectivity index (χ2n) is 6.56. The first-order valence-electron chi connectivity index (χ1n) is 6.77. The Morgan fingerprint density at radius 2 is 1.89 bits per heavy atom. The van der Waals surface area contributed by atoms with E-state index in [0.29, 0.717) is 0 Å². The quantitative estimate of drug-likeness (QED) is 0.734. The van der Waals surface area contributed by atoms with Gasteiger partial charge >= 0.3 is 0 Å². The summed E-state index contributed by atoms with van der Waals surface area (Å²) in [6.07, 6.45) is 2.15. The van der Waals surface area contributed by atoms with Gasteiger partial charge in [0.05, 0.1) is 0 Å². The Bertz CT molecular complexity index is 361. The summed E-state index contributed by atoms with van der Waals surface area (Å²) in [6.45, 7) is 12.5. The van der Waals surface area contributed by atoms with E-state index in [1.807, 2.05) is 13.0 Å². The molecule has 0 saturated heterocycles. The Kier molecular flexibility index (Phi) is 5.00. The Hall–Kier alpha value is -0.800. The second-order valence-corrected chi connectivity index (χ2v) is 6.56. The van der Waals surface area contributed by atoms with Crippen molar-refractivity contribution in [3.8, 4) is 0 Å². The molecule has 0 aliphatic carbocycles. The third kappa shape index (κ3) is 5.23. The fourth-order valence-electron chi connectivity index (χ4n) is 1.96. The molecular weight excluding hydrogens is 224 g/mol. The Morgan fingerprint density at radius 3 is 2.39 bits per heavy atom.